The minimum atomic E-state index is -0.446. The maximum atomic E-state index is 2.96. The van der Waals surface area contributed by atoms with Crippen LogP contribution < -0.4 is 31.8 Å². The molecule has 0 fully saturated rings. The molecule has 0 atom stereocenters. The van der Waals surface area contributed by atoms with Gasteiger partial charge in [0.1, 0.15) is 0 Å². The maximum Gasteiger partial charge on any atom is -0.0134 e. The molecule has 0 heterocycles. The number of aryl methyl sites for hydroxylation is 1. The summed E-state index contributed by atoms with van der Waals surface area (Å²) in [5.74, 6) is 0. The molecule has 0 bridgehead atoms. The van der Waals surface area contributed by atoms with E-state index < -0.39 is 15.8 Å². The molecule has 0 aliphatic rings. The third kappa shape index (κ3) is 12.1. The van der Waals surface area contributed by atoms with Crippen LogP contribution in [-0.4, -0.2) is 0 Å². The zero-order valence-electron chi connectivity index (χ0n) is 26.2. The summed E-state index contributed by atoms with van der Waals surface area (Å²) in [5.41, 5.74) is 1.27. The van der Waals surface area contributed by atoms with Crippen molar-refractivity contribution in [2.45, 2.75) is 6.92 Å². The van der Waals surface area contributed by atoms with Gasteiger partial charge >= 0.3 is 35.1 Å². The molecule has 0 amide bonds. The first-order chi connectivity index (χ1) is 23.3. The number of halogens is 1. The summed E-state index contributed by atoms with van der Waals surface area (Å²) < 4.78 is 0. The van der Waals surface area contributed by atoms with Crippen LogP contribution in [0, 0.1) is 13.0 Å². The molecule has 0 nitrogen and oxygen atoms in total. The van der Waals surface area contributed by atoms with Gasteiger partial charge in [-0.2, -0.15) is 35.9 Å². The van der Waals surface area contributed by atoms with Crippen molar-refractivity contribution in [2.24, 2.45) is 0 Å². The van der Waals surface area contributed by atoms with E-state index in [0.717, 1.165) is 0 Å². The normalized spacial score (nSPS) is 10.0. The SMILES string of the molecule is Cc1c[c-]ccc1.[Pd+][I].c1ccc(P(c2ccccc2)c2ccccc2)cc1.c1ccc(P(c2ccccc2)c2ccccc2)cc1. The van der Waals surface area contributed by atoms with E-state index in [-0.39, 0.29) is 0 Å². The minimum absolute atomic E-state index is 0.446. The van der Waals surface area contributed by atoms with Crippen molar-refractivity contribution in [3.63, 3.8) is 0 Å². The van der Waals surface area contributed by atoms with E-state index in [1.807, 2.05) is 37.7 Å². The second-order valence-electron chi connectivity index (χ2n) is 10.3. The summed E-state index contributed by atoms with van der Waals surface area (Å²) >= 11 is 4.72. The molecule has 0 saturated heterocycles. The molecule has 7 rings (SSSR count). The Labute approximate surface area is 305 Å². The van der Waals surface area contributed by atoms with E-state index in [1.165, 1.54) is 37.4 Å². The Morgan fingerprint density at radius 1 is 0.362 bits per heavy atom. The minimum Gasteiger partial charge on any atom is -0.0622 e. The Kier molecular flexibility index (Phi) is 16.9. The topological polar surface area (TPSA) is 0 Å². The summed E-state index contributed by atoms with van der Waals surface area (Å²) in [4.78, 5) is 0. The molecule has 0 radical (unpaired) electrons. The average molecular weight is 849 g/mol. The van der Waals surface area contributed by atoms with Gasteiger partial charge in [0, 0.05) is 0 Å². The van der Waals surface area contributed by atoms with E-state index in [0.29, 0.717) is 0 Å². The van der Waals surface area contributed by atoms with Crippen LogP contribution in [0.5, 0.6) is 0 Å². The Morgan fingerprint density at radius 3 is 0.745 bits per heavy atom. The zero-order chi connectivity index (χ0) is 32.9. The molecule has 7 aromatic rings. The third-order valence-electron chi connectivity index (χ3n) is 6.95. The summed E-state index contributed by atoms with van der Waals surface area (Å²) in [5, 5.41) is 8.39. The quantitative estimate of drug-likeness (QED) is 0.0678. The van der Waals surface area contributed by atoms with Crippen molar-refractivity contribution in [1.82, 2.24) is 0 Å². The van der Waals surface area contributed by atoms with Crippen LogP contribution in [0.15, 0.2) is 206 Å². The van der Waals surface area contributed by atoms with Crippen molar-refractivity contribution in [2.75, 3.05) is 0 Å². The molecule has 4 heteroatoms. The first-order valence-corrected chi connectivity index (χ1v) is 22.6. The Balaban J connectivity index is 0.000000170. The molecule has 236 valence electrons. The van der Waals surface area contributed by atoms with Gasteiger partial charge in [-0.15, -0.1) is 0 Å². The van der Waals surface area contributed by atoms with E-state index in [9.17, 15) is 0 Å². The summed E-state index contributed by atoms with van der Waals surface area (Å²) in [7, 11) is -0.892. The van der Waals surface area contributed by atoms with Crippen LogP contribution in [0.1, 0.15) is 5.56 Å². The Bertz CT molecular complexity index is 1470. The van der Waals surface area contributed by atoms with E-state index >= 15 is 0 Å². The van der Waals surface area contributed by atoms with Gasteiger partial charge in [0.2, 0.25) is 0 Å². The van der Waals surface area contributed by atoms with E-state index in [1.54, 1.807) is 0 Å². The van der Waals surface area contributed by atoms with Crippen LogP contribution in [0.3, 0.4) is 0 Å². The molecule has 0 unspecified atom stereocenters. The van der Waals surface area contributed by atoms with Gasteiger partial charge in [-0.25, -0.2) is 0 Å². The van der Waals surface area contributed by atoms with E-state index in [2.05, 4.69) is 217 Å². The molecule has 0 aliphatic carbocycles. The number of rotatable bonds is 6. The fraction of sp³-hybridized carbons (Fsp3) is 0.0233. The fourth-order valence-corrected chi connectivity index (χ4v) is 9.45. The van der Waals surface area contributed by atoms with Crippen LogP contribution in [0.25, 0.3) is 0 Å². The van der Waals surface area contributed by atoms with Crippen LogP contribution in [0.4, 0.5) is 0 Å². The van der Waals surface area contributed by atoms with Gasteiger partial charge in [-0.05, 0) is 47.7 Å². The molecule has 0 spiro atoms. The number of benzene rings is 7. The number of hydrogen-bond donors (Lipinski definition) is 0. The molecule has 0 N–H and O–H groups in total. The Hall–Kier alpha value is -3.21. The molecule has 7 aromatic carbocycles. The largest absolute Gasteiger partial charge is 0.0622 e. The average Bonchev–Trinajstić information content (AvgIpc) is 3.16. The molecular formula is C43H37IP2Pd. The smallest absolute Gasteiger partial charge is 0.0134 e. The van der Waals surface area contributed by atoms with Crippen molar-refractivity contribution in [1.29, 1.82) is 0 Å². The van der Waals surface area contributed by atoms with Gasteiger partial charge in [-0.3, -0.25) is 0 Å². The third-order valence-corrected chi connectivity index (χ3v) is 11.8. The van der Waals surface area contributed by atoms with Gasteiger partial charge < -0.3 is 0 Å². The van der Waals surface area contributed by atoms with E-state index in [4.69, 9.17) is 0 Å². The molecule has 0 saturated carbocycles. The van der Waals surface area contributed by atoms with Crippen molar-refractivity contribution in [3.8, 4) is 0 Å². The second-order valence-corrected chi connectivity index (χ2v) is 14.7. The van der Waals surface area contributed by atoms with Gasteiger partial charge in [-0.1, -0.05) is 189 Å². The van der Waals surface area contributed by atoms with Crippen LogP contribution in [-0.2, 0) is 15.6 Å². The predicted octanol–water partition coefficient (Wildman–Crippen LogP) is 9.57. The summed E-state index contributed by atoms with van der Waals surface area (Å²) in [6.07, 6.45) is 0. The van der Waals surface area contributed by atoms with Crippen LogP contribution in [0.2, 0.25) is 0 Å². The fourth-order valence-electron chi connectivity index (χ4n) is 4.84. The van der Waals surface area contributed by atoms with Gasteiger partial charge in [0.05, 0.1) is 0 Å². The second kappa shape index (κ2) is 21.6. The molecule has 47 heavy (non-hydrogen) atoms. The molecular weight excluding hydrogens is 812 g/mol. The van der Waals surface area contributed by atoms with Crippen molar-refractivity contribution >= 4 is 67.2 Å². The standard InChI is InChI=1S/2C18H15P.C7H7.HI.Pd/c2*1-4-10-16(11-5-1)19(17-12-6-2-7-13-17)18-14-8-3-9-15-18;1-7-5-3-2-4-6-7;;/h2*1-15H;2-3,5-6H,1H3;1H;/q;;-1;;+2/p-1. The maximum absolute atomic E-state index is 2.96. The van der Waals surface area contributed by atoms with Crippen molar-refractivity contribution < 1.29 is 15.6 Å². The monoisotopic (exact) mass is 848 g/mol. The first kappa shape index (κ1) is 36.6. The summed E-state index contributed by atoms with van der Waals surface area (Å²) in [6, 6.07) is 75.5. The first-order valence-electron chi connectivity index (χ1n) is 15.2. The molecule has 0 aliphatic heterocycles. The Morgan fingerprint density at radius 2 is 0.596 bits per heavy atom. The van der Waals surface area contributed by atoms with Crippen LogP contribution >= 0.6 is 35.4 Å². The molecule has 0 aromatic heterocycles. The van der Waals surface area contributed by atoms with Crippen molar-refractivity contribution in [3.05, 3.63) is 218 Å². The van der Waals surface area contributed by atoms with Gasteiger partial charge in [0.15, 0.2) is 0 Å². The summed E-state index contributed by atoms with van der Waals surface area (Å²) in [6.45, 7) is 2.05. The van der Waals surface area contributed by atoms with Gasteiger partial charge in [0.25, 0.3) is 0 Å². The number of hydrogen-bond acceptors (Lipinski definition) is 0. The zero-order valence-corrected chi connectivity index (χ0v) is 31.7. The predicted molar refractivity (Wildman–Crippen MR) is 214 cm³/mol.